The molecule has 2 aromatic carbocycles. The molecule has 1 saturated heterocycles. The van der Waals surface area contributed by atoms with Crippen molar-refractivity contribution in [1.29, 1.82) is 5.26 Å². The summed E-state index contributed by atoms with van der Waals surface area (Å²) in [6.07, 6.45) is -0.168. The van der Waals surface area contributed by atoms with Gasteiger partial charge in [-0.05, 0) is 24.3 Å². The number of benzene rings is 2. The first-order valence-corrected chi connectivity index (χ1v) is 9.79. The lowest BCUT2D eigenvalue weighted by Gasteiger charge is -2.20. The number of amides is 1. The Morgan fingerprint density at radius 2 is 1.87 bits per heavy atom. The number of hydrogen-bond donors (Lipinski definition) is 2. The number of carboxylic acid groups (broad SMARTS) is 1. The fourth-order valence-corrected chi connectivity index (χ4v) is 3.72. The van der Waals surface area contributed by atoms with E-state index in [-0.39, 0.29) is 30.1 Å². The van der Waals surface area contributed by atoms with Crippen molar-refractivity contribution in [1.82, 2.24) is 4.98 Å². The average Bonchev–Trinajstić information content (AvgIpc) is 3.15. The number of nitriles is 1. The van der Waals surface area contributed by atoms with Crippen LogP contribution in [0.25, 0.3) is 22.4 Å². The molecule has 1 fully saturated rings. The molecule has 1 amide bonds. The number of hydrogen-bond acceptors (Lipinski definition) is 5. The maximum absolute atomic E-state index is 12.6. The highest BCUT2D eigenvalue weighted by atomic mass is 35.5. The predicted molar refractivity (Wildman–Crippen MR) is 115 cm³/mol. The van der Waals surface area contributed by atoms with Crippen LogP contribution in [0.15, 0.2) is 54.6 Å². The van der Waals surface area contributed by atoms with E-state index in [1.54, 1.807) is 48.5 Å². The number of aromatic hydroxyl groups is 1. The lowest BCUT2D eigenvalue weighted by atomic mass is 9.97. The van der Waals surface area contributed by atoms with Gasteiger partial charge in [0.1, 0.15) is 17.4 Å². The van der Waals surface area contributed by atoms with Crippen molar-refractivity contribution >= 4 is 29.3 Å². The molecule has 1 aromatic heterocycles. The molecule has 1 aliphatic rings. The van der Waals surface area contributed by atoms with Crippen LogP contribution < -0.4 is 4.90 Å². The van der Waals surface area contributed by atoms with E-state index < -0.39 is 17.8 Å². The maximum Gasteiger partial charge on any atom is 0.308 e. The van der Waals surface area contributed by atoms with Gasteiger partial charge in [-0.15, -0.1) is 0 Å². The lowest BCUT2D eigenvalue weighted by molar-refractivity contribution is -0.141. The highest BCUT2D eigenvalue weighted by molar-refractivity contribution is 6.30. The van der Waals surface area contributed by atoms with E-state index >= 15 is 0 Å². The first-order chi connectivity index (χ1) is 14.9. The number of phenolic OH excluding ortho intramolecular Hbond substituents is 1. The summed E-state index contributed by atoms with van der Waals surface area (Å²) in [4.78, 5) is 29.8. The molecule has 3 aromatic rings. The van der Waals surface area contributed by atoms with Crippen molar-refractivity contribution in [2.45, 2.75) is 6.42 Å². The van der Waals surface area contributed by atoms with Gasteiger partial charge in [0.2, 0.25) is 5.91 Å². The van der Waals surface area contributed by atoms with E-state index in [1.165, 1.54) is 11.0 Å². The summed E-state index contributed by atoms with van der Waals surface area (Å²) in [6.45, 7) is -0.0832. The first-order valence-electron chi connectivity index (χ1n) is 9.41. The topological polar surface area (TPSA) is 115 Å². The number of carbonyl (C=O) groups excluding carboxylic acids is 1. The fourth-order valence-electron chi connectivity index (χ4n) is 3.60. The van der Waals surface area contributed by atoms with Crippen LogP contribution in [0.5, 0.6) is 5.75 Å². The number of anilines is 1. The molecule has 4 rings (SSSR count). The van der Waals surface area contributed by atoms with Gasteiger partial charge in [-0.3, -0.25) is 14.5 Å². The second-order valence-corrected chi connectivity index (χ2v) is 7.57. The van der Waals surface area contributed by atoms with Gasteiger partial charge < -0.3 is 10.2 Å². The number of pyridine rings is 1. The molecule has 7 nitrogen and oxygen atoms in total. The van der Waals surface area contributed by atoms with Crippen LogP contribution in [0, 0.1) is 17.2 Å². The number of carboxylic acids is 1. The molecule has 1 unspecified atom stereocenters. The Morgan fingerprint density at radius 3 is 2.48 bits per heavy atom. The molecular formula is C23H16ClN3O4. The summed E-state index contributed by atoms with van der Waals surface area (Å²) in [7, 11) is 0. The standard InChI is InChI=1S/C23H16ClN3O4/c24-15-7-5-13(6-8-15)19-10-17(16-3-1-2-4-20(16)28)18(11-25)22(26-19)27-12-14(23(30)31)9-21(27)29/h1-8,10,14,28H,9,12H2,(H,30,31). The zero-order valence-electron chi connectivity index (χ0n) is 16.1. The quantitative estimate of drug-likeness (QED) is 0.640. The monoisotopic (exact) mass is 433 g/mol. The van der Waals surface area contributed by atoms with Crippen molar-refractivity contribution in [3.05, 3.63) is 65.2 Å². The largest absolute Gasteiger partial charge is 0.507 e. The maximum atomic E-state index is 12.6. The molecule has 8 heteroatoms. The molecule has 1 atom stereocenters. The lowest BCUT2D eigenvalue weighted by Crippen LogP contribution is -2.28. The Morgan fingerprint density at radius 1 is 1.16 bits per heavy atom. The summed E-state index contributed by atoms with van der Waals surface area (Å²) >= 11 is 5.99. The summed E-state index contributed by atoms with van der Waals surface area (Å²) in [6, 6.07) is 17.2. The van der Waals surface area contributed by atoms with Gasteiger partial charge in [0.15, 0.2) is 5.82 Å². The van der Waals surface area contributed by atoms with Crippen molar-refractivity contribution in [3.8, 4) is 34.2 Å². The molecule has 0 spiro atoms. The molecule has 0 saturated carbocycles. The smallest absolute Gasteiger partial charge is 0.308 e. The van der Waals surface area contributed by atoms with Crippen molar-refractivity contribution in [2.24, 2.45) is 5.92 Å². The third-order valence-electron chi connectivity index (χ3n) is 5.18. The van der Waals surface area contributed by atoms with E-state index in [4.69, 9.17) is 11.6 Å². The third kappa shape index (κ3) is 3.81. The number of aliphatic carboxylic acids is 1. The zero-order valence-corrected chi connectivity index (χ0v) is 16.9. The minimum absolute atomic E-state index is 0.0330. The third-order valence-corrected chi connectivity index (χ3v) is 5.43. The van der Waals surface area contributed by atoms with Crippen LogP contribution in [0.1, 0.15) is 12.0 Å². The highest BCUT2D eigenvalue weighted by Crippen LogP contribution is 2.39. The van der Waals surface area contributed by atoms with Crippen LogP contribution in [0.2, 0.25) is 5.02 Å². The number of para-hydroxylation sites is 1. The summed E-state index contributed by atoms with van der Waals surface area (Å²) in [5, 5.41) is 30.2. The van der Waals surface area contributed by atoms with Crippen LogP contribution in [-0.4, -0.2) is 33.6 Å². The number of halogens is 1. The zero-order chi connectivity index (χ0) is 22.1. The van der Waals surface area contributed by atoms with E-state index in [1.807, 2.05) is 0 Å². The average molecular weight is 434 g/mol. The van der Waals surface area contributed by atoms with Gasteiger partial charge in [-0.25, -0.2) is 4.98 Å². The number of aromatic nitrogens is 1. The van der Waals surface area contributed by atoms with Gasteiger partial charge in [0, 0.05) is 34.7 Å². The molecule has 2 heterocycles. The predicted octanol–water partition coefficient (Wildman–Crippen LogP) is 4.08. The van der Waals surface area contributed by atoms with Crippen LogP contribution in [-0.2, 0) is 9.59 Å². The number of nitrogens with zero attached hydrogens (tertiary/aromatic N) is 3. The van der Waals surface area contributed by atoms with E-state index in [0.717, 1.165) is 0 Å². The van der Waals surface area contributed by atoms with Gasteiger partial charge in [0.25, 0.3) is 0 Å². The van der Waals surface area contributed by atoms with E-state index in [2.05, 4.69) is 11.1 Å². The summed E-state index contributed by atoms with van der Waals surface area (Å²) in [5.74, 6) is -2.35. The first kappa shape index (κ1) is 20.4. The minimum atomic E-state index is -1.08. The molecule has 31 heavy (non-hydrogen) atoms. The van der Waals surface area contributed by atoms with Crippen LogP contribution in [0.3, 0.4) is 0 Å². The second-order valence-electron chi connectivity index (χ2n) is 7.13. The van der Waals surface area contributed by atoms with Crippen LogP contribution >= 0.6 is 11.6 Å². The molecule has 0 aliphatic carbocycles. The molecule has 154 valence electrons. The van der Waals surface area contributed by atoms with Crippen molar-refractivity contribution < 1.29 is 19.8 Å². The van der Waals surface area contributed by atoms with E-state index in [9.17, 15) is 25.1 Å². The Balaban J connectivity index is 1.96. The Hall–Kier alpha value is -3.89. The molecular weight excluding hydrogens is 418 g/mol. The van der Waals surface area contributed by atoms with Crippen molar-refractivity contribution in [3.63, 3.8) is 0 Å². The van der Waals surface area contributed by atoms with Gasteiger partial charge >= 0.3 is 5.97 Å². The second kappa shape index (κ2) is 8.09. The molecule has 1 aliphatic heterocycles. The van der Waals surface area contributed by atoms with Gasteiger partial charge in [-0.2, -0.15) is 5.26 Å². The number of carbonyl (C=O) groups is 2. The van der Waals surface area contributed by atoms with Crippen molar-refractivity contribution in [2.75, 3.05) is 11.4 Å². The van der Waals surface area contributed by atoms with E-state index in [0.29, 0.717) is 27.4 Å². The molecule has 2 N–H and O–H groups in total. The van der Waals surface area contributed by atoms with Crippen LogP contribution in [0.4, 0.5) is 5.82 Å². The minimum Gasteiger partial charge on any atom is -0.507 e. The fraction of sp³-hybridized carbons (Fsp3) is 0.130. The summed E-state index contributed by atoms with van der Waals surface area (Å²) in [5.41, 5.74) is 2.02. The highest BCUT2D eigenvalue weighted by Gasteiger charge is 2.37. The molecule has 0 bridgehead atoms. The normalized spacial score (nSPS) is 15.7. The van der Waals surface area contributed by atoms with Gasteiger partial charge in [-0.1, -0.05) is 41.9 Å². The molecule has 0 radical (unpaired) electrons. The Labute approximate surface area is 182 Å². The Kier molecular flexibility index (Phi) is 5.32. The number of phenols is 1. The Bertz CT molecular complexity index is 1230. The number of rotatable bonds is 4. The summed E-state index contributed by atoms with van der Waals surface area (Å²) < 4.78 is 0. The van der Waals surface area contributed by atoms with Gasteiger partial charge in [0.05, 0.1) is 11.6 Å². The SMILES string of the molecule is N#Cc1c(-c2ccccc2O)cc(-c2ccc(Cl)cc2)nc1N1CC(C(=O)O)CC1=O.